The average Bonchev–Trinajstić information content (AvgIpc) is 2.98. The van der Waals surface area contributed by atoms with Crippen LogP contribution in [0.5, 0.6) is 0 Å². The lowest BCUT2D eigenvalue weighted by molar-refractivity contribution is -0.148. The molecule has 3 rings (SSSR count). The van der Waals surface area contributed by atoms with E-state index in [1.165, 1.54) is 6.26 Å². The molecule has 2 amide bonds. The molecule has 0 saturated carbocycles. The van der Waals surface area contributed by atoms with Crippen LogP contribution in [0.25, 0.3) is 0 Å². The Balaban J connectivity index is 1.66. The highest BCUT2D eigenvalue weighted by atomic mass is 16.5. The van der Waals surface area contributed by atoms with Gasteiger partial charge in [0.15, 0.2) is 0 Å². The van der Waals surface area contributed by atoms with Crippen LogP contribution in [0.15, 0.2) is 16.7 Å². The Morgan fingerprint density at radius 2 is 1.83 bits per heavy atom. The van der Waals surface area contributed by atoms with Crippen LogP contribution in [-0.4, -0.2) is 60.0 Å². The van der Waals surface area contributed by atoms with Gasteiger partial charge in [-0.15, -0.1) is 0 Å². The van der Waals surface area contributed by atoms with E-state index < -0.39 is 0 Å². The average molecular weight is 334 g/mol. The third-order valence-electron chi connectivity index (χ3n) is 4.88. The lowest BCUT2D eigenvalue weighted by atomic mass is 9.95. The number of carbonyl (C=O) groups excluding carboxylic acids is 2. The first-order chi connectivity index (χ1) is 11.5. The molecule has 3 atom stereocenters. The summed E-state index contributed by atoms with van der Waals surface area (Å²) in [7, 11) is 0. The van der Waals surface area contributed by atoms with E-state index in [-0.39, 0.29) is 29.9 Å². The summed E-state index contributed by atoms with van der Waals surface area (Å²) in [5.74, 6) is 0.623. The lowest BCUT2D eigenvalue weighted by Crippen LogP contribution is -2.53. The summed E-state index contributed by atoms with van der Waals surface area (Å²) >= 11 is 0. The smallest absolute Gasteiger partial charge is 0.257 e. The van der Waals surface area contributed by atoms with Crippen molar-refractivity contribution in [3.8, 4) is 0 Å². The fourth-order valence-electron chi connectivity index (χ4n) is 3.76. The van der Waals surface area contributed by atoms with Gasteiger partial charge in [0.05, 0.1) is 30.0 Å². The number of nitrogens with zero attached hydrogens (tertiary/aromatic N) is 2. The Bertz CT molecular complexity index is 602. The molecule has 2 aliphatic rings. The van der Waals surface area contributed by atoms with Gasteiger partial charge in [0.2, 0.25) is 5.91 Å². The monoisotopic (exact) mass is 334 g/mol. The molecule has 0 bridgehead atoms. The van der Waals surface area contributed by atoms with E-state index in [0.717, 1.165) is 12.8 Å². The SMILES string of the molecule is Cc1occc1C(=O)N1CCC[C@@H](C(=O)N2C[C@@H](C)O[C@H](C)C2)C1. The molecule has 0 unspecified atom stereocenters. The van der Waals surface area contributed by atoms with Crippen LogP contribution in [0.3, 0.4) is 0 Å². The number of amides is 2. The van der Waals surface area contributed by atoms with Crippen molar-refractivity contribution in [2.24, 2.45) is 5.92 Å². The normalized spacial score (nSPS) is 28.0. The van der Waals surface area contributed by atoms with E-state index in [0.29, 0.717) is 37.5 Å². The highest BCUT2D eigenvalue weighted by Gasteiger charge is 2.34. The van der Waals surface area contributed by atoms with Gasteiger partial charge in [0, 0.05) is 26.2 Å². The topological polar surface area (TPSA) is 63.0 Å². The second-order valence-corrected chi connectivity index (χ2v) is 6.98. The van der Waals surface area contributed by atoms with Crippen molar-refractivity contribution in [1.82, 2.24) is 9.80 Å². The van der Waals surface area contributed by atoms with Gasteiger partial charge in [0.1, 0.15) is 5.76 Å². The number of hydrogen-bond acceptors (Lipinski definition) is 4. The van der Waals surface area contributed by atoms with Crippen LogP contribution in [0, 0.1) is 12.8 Å². The number of hydrogen-bond donors (Lipinski definition) is 0. The molecule has 24 heavy (non-hydrogen) atoms. The van der Waals surface area contributed by atoms with Gasteiger partial charge in [-0.25, -0.2) is 0 Å². The van der Waals surface area contributed by atoms with Crippen LogP contribution < -0.4 is 0 Å². The predicted octanol–water partition coefficient (Wildman–Crippen LogP) is 2.08. The number of aryl methyl sites for hydroxylation is 1. The summed E-state index contributed by atoms with van der Waals surface area (Å²) in [5, 5.41) is 0. The van der Waals surface area contributed by atoms with Gasteiger partial charge in [-0.3, -0.25) is 9.59 Å². The minimum Gasteiger partial charge on any atom is -0.469 e. The maximum atomic E-state index is 12.9. The van der Waals surface area contributed by atoms with E-state index in [4.69, 9.17) is 9.15 Å². The first-order valence-corrected chi connectivity index (χ1v) is 8.73. The summed E-state index contributed by atoms with van der Waals surface area (Å²) in [4.78, 5) is 29.2. The molecule has 0 spiro atoms. The van der Waals surface area contributed by atoms with Crippen molar-refractivity contribution >= 4 is 11.8 Å². The molecule has 1 aromatic heterocycles. The zero-order chi connectivity index (χ0) is 17.3. The fourth-order valence-corrected chi connectivity index (χ4v) is 3.76. The van der Waals surface area contributed by atoms with Crippen molar-refractivity contribution in [2.45, 2.75) is 45.8 Å². The largest absolute Gasteiger partial charge is 0.469 e. The summed E-state index contributed by atoms with van der Waals surface area (Å²) in [6.45, 7) is 8.23. The van der Waals surface area contributed by atoms with Crippen LogP contribution in [0.1, 0.15) is 42.8 Å². The Kier molecular flexibility index (Phi) is 4.94. The first-order valence-electron chi connectivity index (χ1n) is 8.73. The van der Waals surface area contributed by atoms with Crippen LogP contribution in [0.4, 0.5) is 0 Å². The number of piperidine rings is 1. The zero-order valence-corrected chi connectivity index (χ0v) is 14.7. The van der Waals surface area contributed by atoms with E-state index >= 15 is 0 Å². The molecule has 132 valence electrons. The minimum absolute atomic E-state index is 0.0394. The third-order valence-corrected chi connectivity index (χ3v) is 4.88. The molecular formula is C18H26N2O4. The van der Waals surface area contributed by atoms with Crippen molar-refractivity contribution in [3.05, 3.63) is 23.7 Å². The van der Waals surface area contributed by atoms with E-state index in [1.807, 2.05) is 18.7 Å². The number of likely N-dealkylation sites (tertiary alicyclic amines) is 1. The number of rotatable bonds is 2. The summed E-state index contributed by atoms with van der Waals surface area (Å²) < 4.78 is 10.9. The van der Waals surface area contributed by atoms with Crippen LogP contribution >= 0.6 is 0 Å². The van der Waals surface area contributed by atoms with Crippen LogP contribution in [0.2, 0.25) is 0 Å². The molecule has 0 aliphatic carbocycles. The Labute approximate surface area is 142 Å². The second-order valence-electron chi connectivity index (χ2n) is 6.98. The number of morpholine rings is 1. The van der Waals surface area contributed by atoms with Crippen molar-refractivity contribution in [2.75, 3.05) is 26.2 Å². The molecule has 2 aliphatic heterocycles. The van der Waals surface area contributed by atoms with E-state index in [2.05, 4.69) is 0 Å². The highest BCUT2D eigenvalue weighted by molar-refractivity contribution is 5.95. The third kappa shape index (κ3) is 3.48. The van der Waals surface area contributed by atoms with E-state index in [9.17, 15) is 9.59 Å². The number of carbonyl (C=O) groups is 2. The van der Waals surface area contributed by atoms with E-state index in [1.54, 1.807) is 17.9 Å². The zero-order valence-electron chi connectivity index (χ0n) is 14.7. The Hall–Kier alpha value is -1.82. The van der Waals surface area contributed by atoms with Gasteiger partial charge in [-0.1, -0.05) is 0 Å². The van der Waals surface area contributed by atoms with Gasteiger partial charge < -0.3 is 19.0 Å². The molecule has 0 N–H and O–H groups in total. The molecule has 6 heteroatoms. The predicted molar refractivity (Wildman–Crippen MR) is 88.7 cm³/mol. The fraction of sp³-hybridized carbons (Fsp3) is 0.667. The summed E-state index contributed by atoms with van der Waals surface area (Å²) in [5.41, 5.74) is 0.594. The minimum atomic E-state index is -0.118. The maximum Gasteiger partial charge on any atom is 0.257 e. The molecule has 0 aromatic carbocycles. The lowest BCUT2D eigenvalue weighted by Gasteiger charge is -2.39. The van der Waals surface area contributed by atoms with Gasteiger partial charge in [0.25, 0.3) is 5.91 Å². The first kappa shape index (κ1) is 17.0. The van der Waals surface area contributed by atoms with Crippen molar-refractivity contribution in [3.63, 3.8) is 0 Å². The van der Waals surface area contributed by atoms with Crippen molar-refractivity contribution in [1.29, 1.82) is 0 Å². The molecule has 0 radical (unpaired) electrons. The standard InChI is InChI=1S/C18H26N2O4/c1-12-9-20(10-13(2)24-12)17(21)15-5-4-7-19(11-15)18(22)16-6-8-23-14(16)3/h6,8,12-13,15H,4-5,7,9-11H2,1-3H3/t12-,13-,15-/m1/s1. The summed E-state index contributed by atoms with van der Waals surface area (Å²) in [6.07, 6.45) is 3.35. The van der Waals surface area contributed by atoms with Gasteiger partial charge >= 0.3 is 0 Å². The molecule has 1 aromatic rings. The number of furan rings is 1. The molecule has 2 fully saturated rings. The Morgan fingerprint density at radius 1 is 1.12 bits per heavy atom. The maximum absolute atomic E-state index is 12.9. The number of ether oxygens (including phenoxy) is 1. The second kappa shape index (κ2) is 6.97. The molecule has 3 heterocycles. The quantitative estimate of drug-likeness (QED) is 0.831. The Morgan fingerprint density at radius 3 is 2.46 bits per heavy atom. The molecule has 6 nitrogen and oxygen atoms in total. The molecular weight excluding hydrogens is 308 g/mol. The van der Waals surface area contributed by atoms with Crippen molar-refractivity contribution < 1.29 is 18.7 Å². The molecule has 2 saturated heterocycles. The highest BCUT2D eigenvalue weighted by Crippen LogP contribution is 2.23. The van der Waals surface area contributed by atoms with Gasteiger partial charge in [-0.2, -0.15) is 0 Å². The van der Waals surface area contributed by atoms with Gasteiger partial charge in [-0.05, 0) is 39.7 Å². The summed E-state index contributed by atoms with van der Waals surface area (Å²) in [6, 6.07) is 1.70. The van der Waals surface area contributed by atoms with Crippen LogP contribution in [-0.2, 0) is 9.53 Å².